The van der Waals surface area contributed by atoms with E-state index >= 15 is 0 Å². The Morgan fingerprint density at radius 1 is 1.12 bits per heavy atom. The van der Waals surface area contributed by atoms with Gasteiger partial charge in [0.15, 0.2) is 0 Å². The van der Waals surface area contributed by atoms with Gasteiger partial charge in [0, 0.05) is 10.2 Å². The fourth-order valence-electron chi connectivity index (χ4n) is 0.637. The van der Waals surface area contributed by atoms with Crippen LogP contribution in [0, 0.1) is 6.92 Å². The number of hydrogen-bond acceptors (Lipinski definition) is 0. The van der Waals surface area contributed by atoms with Crippen molar-refractivity contribution in [3.05, 3.63) is 29.8 Å². The predicted octanol–water partition coefficient (Wildman–Crippen LogP) is -0.0143. The number of hydrogen-bond donors (Lipinski definition) is 0. The first-order valence-corrected chi connectivity index (χ1v) is 3.82. The van der Waals surface area contributed by atoms with Gasteiger partial charge < -0.3 is 0 Å². The van der Waals surface area contributed by atoms with Crippen LogP contribution in [0.4, 0.5) is 0 Å². The molecule has 0 heterocycles. The van der Waals surface area contributed by atoms with Crippen molar-refractivity contribution in [1.29, 1.82) is 0 Å². The summed E-state index contributed by atoms with van der Waals surface area (Å²) in [4.78, 5) is 0. The minimum Gasteiger partial charge on any atom is -0.0707 e. The quantitative estimate of drug-likeness (QED) is 0.424. The zero-order valence-electron chi connectivity index (χ0n) is 5.31. The van der Waals surface area contributed by atoms with Gasteiger partial charge in [-0.05, 0) is 6.92 Å². The molecule has 1 heteroatoms. The summed E-state index contributed by atoms with van der Waals surface area (Å²) in [7, 11) is 1.17. The van der Waals surface area contributed by atoms with Gasteiger partial charge in [-0.3, -0.25) is 0 Å². The van der Waals surface area contributed by atoms with Crippen LogP contribution in [0.2, 0.25) is 0 Å². The van der Waals surface area contributed by atoms with Crippen LogP contribution in [0.5, 0.6) is 0 Å². The molecule has 0 aliphatic heterocycles. The first-order chi connectivity index (χ1) is 3.79. The molecule has 0 fully saturated rings. The minimum absolute atomic E-state index is 1.17. The highest BCUT2D eigenvalue weighted by Crippen LogP contribution is 1.90. The Labute approximate surface area is 53.0 Å². The van der Waals surface area contributed by atoms with Crippen molar-refractivity contribution in [1.82, 2.24) is 0 Å². The Morgan fingerprint density at radius 2 is 1.62 bits per heavy atom. The average Bonchev–Trinajstić information content (AvgIpc) is 1.77. The maximum absolute atomic E-state index is 2.18. The third-order valence-electron chi connectivity index (χ3n) is 1.22. The first kappa shape index (κ1) is 5.57. The summed E-state index contributed by atoms with van der Waals surface area (Å²) in [5.41, 5.74) is 1.35. The minimum atomic E-state index is 1.17. The Morgan fingerprint density at radius 3 is 2.00 bits per heavy atom. The standard InChI is InChI=1S/C7H10Si/c1-6-2-4-7(8)5-3-6/h2-5H,1,8H3. The lowest BCUT2D eigenvalue weighted by Crippen LogP contribution is -1.98. The van der Waals surface area contributed by atoms with E-state index < -0.39 is 0 Å². The van der Waals surface area contributed by atoms with Gasteiger partial charge in [-0.25, -0.2) is 0 Å². The van der Waals surface area contributed by atoms with Crippen LogP contribution < -0.4 is 5.19 Å². The highest BCUT2D eigenvalue weighted by atomic mass is 28.1. The van der Waals surface area contributed by atoms with Gasteiger partial charge in [0.05, 0.1) is 0 Å². The second-order valence-corrected chi connectivity index (χ2v) is 3.31. The van der Waals surface area contributed by atoms with Crippen molar-refractivity contribution >= 4 is 15.4 Å². The van der Waals surface area contributed by atoms with Crippen molar-refractivity contribution in [3.63, 3.8) is 0 Å². The molecule has 0 aliphatic carbocycles. The largest absolute Gasteiger partial charge is 0.0707 e. The molecule has 0 aromatic heterocycles. The summed E-state index contributed by atoms with van der Waals surface area (Å²) in [6.45, 7) is 2.11. The number of rotatable bonds is 0. The van der Waals surface area contributed by atoms with Crippen LogP contribution in [0.1, 0.15) is 5.56 Å². The molecule has 1 aromatic carbocycles. The Balaban J connectivity index is 3.03. The Hall–Kier alpha value is -0.563. The van der Waals surface area contributed by atoms with E-state index in [2.05, 4.69) is 31.2 Å². The molecule has 8 heavy (non-hydrogen) atoms. The molecule has 0 saturated heterocycles. The fourth-order valence-corrected chi connectivity index (χ4v) is 0.970. The first-order valence-electron chi connectivity index (χ1n) is 2.82. The van der Waals surface area contributed by atoms with E-state index in [-0.39, 0.29) is 0 Å². The summed E-state index contributed by atoms with van der Waals surface area (Å²) < 4.78 is 0. The summed E-state index contributed by atoms with van der Waals surface area (Å²) >= 11 is 0. The second kappa shape index (κ2) is 2.14. The van der Waals surface area contributed by atoms with Crippen LogP contribution in [-0.4, -0.2) is 10.2 Å². The van der Waals surface area contributed by atoms with Gasteiger partial charge in [-0.2, -0.15) is 0 Å². The van der Waals surface area contributed by atoms with E-state index in [1.807, 2.05) is 0 Å². The zero-order valence-corrected chi connectivity index (χ0v) is 7.31. The SMILES string of the molecule is Cc1ccc([SiH3])cc1. The van der Waals surface area contributed by atoms with Crippen molar-refractivity contribution < 1.29 is 0 Å². The predicted molar refractivity (Wildman–Crippen MR) is 40.8 cm³/mol. The van der Waals surface area contributed by atoms with Gasteiger partial charge in [0.25, 0.3) is 0 Å². The molecule has 0 bridgehead atoms. The molecule has 42 valence electrons. The smallest absolute Gasteiger partial charge is 0.0384 e. The number of benzene rings is 1. The van der Waals surface area contributed by atoms with Crippen molar-refractivity contribution in [2.75, 3.05) is 0 Å². The van der Waals surface area contributed by atoms with E-state index in [9.17, 15) is 0 Å². The van der Waals surface area contributed by atoms with Gasteiger partial charge in [0.1, 0.15) is 0 Å². The van der Waals surface area contributed by atoms with E-state index in [1.165, 1.54) is 21.0 Å². The second-order valence-electron chi connectivity index (χ2n) is 2.15. The van der Waals surface area contributed by atoms with Crippen LogP contribution >= 0.6 is 0 Å². The lowest BCUT2D eigenvalue weighted by Gasteiger charge is -1.90. The molecule has 0 atom stereocenters. The summed E-state index contributed by atoms with van der Waals surface area (Å²) in [6, 6.07) is 8.67. The molecular formula is C7H10Si. The zero-order chi connectivity index (χ0) is 5.98. The summed E-state index contributed by atoms with van der Waals surface area (Å²) in [5.74, 6) is 0. The molecule has 0 saturated carbocycles. The van der Waals surface area contributed by atoms with Crippen molar-refractivity contribution in [3.8, 4) is 0 Å². The van der Waals surface area contributed by atoms with E-state index in [0.717, 1.165) is 0 Å². The maximum atomic E-state index is 2.18. The molecular weight excluding hydrogens is 112 g/mol. The number of aryl methyl sites for hydroxylation is 1. The normalized spacial score (nSPS) is 9.62. The topological polar surface area (TPSA) is 0 Å². The van der Waals surface area contributed by atoms with Crippen molar-refractivity contribution in [2.45, 2.75) is 6.92 Å². The monoisotopic (exact) mass is 122 g/mol. The van der Waals surface area contributed by atoms with Crippen molar-refractivity contribution in [2.24, 2.45) is 0 Å². The lowest BCUT2D eigenvalue weighted by molar-refractivity contribution is 1.49. The third-order valence-corrected chi connectivity index (χ3v) is 1.88. The highest BCUT2D eigenvalue weighted by Gasteiger charge is 1.79. The van der Waals surface area contributed by atoms with E-state index in [4.69, 9.17) is 0 Å². The van der Waals surface area contributed by atoms with Crippen LogP contribution in [0.3, 0.4) is 0 Å². The van der Waals surface area contributed by atoms with E-state index in [1.54, 1.807) is 0 Å². The summed E-state index contributed by atoms with van der Waals surface area (Å²) in [5, 5.41) is 1.47. The van der Waals surface area contributed by atoms with Gasteiger partial charge in [0.2, 0.25) is 0 Å². The van der Waals surface area contributed by atoms with Gasteiger partial charge in [-0.15, -0.1) is 0 Å². The Bertz CT molecular complexity index is 143. The summed E-state index contributed by atoms with van der Waals surface area (Å²) in [6.07, 6.45) is 0. The maximum Gasteiger partial charge on any atom is 0.0384 e. The molecule has 0 spiro atoms. The molecule has 0 unspecified atom stereocenters. The third kappa shape index (κ3) is 1.20. The van der Waals surface area contributed by atoms with E-state index in [0.29, 0.717) is 0 Å². The van der Waals surface area contributed by atoms with Crippen LogP contribution in [-0.2, 0) is 0 Å². The molecule has 0 amide bonds. The molecule has 1 rings (SSSR count). The fraction of sp³-hybridized carbons (Fsp3) is 0.143. The lowest BCUT2D eigenvalue weighted by atomic mass is 10.2. The Kier molecular flexibility index (Phi) is 1.49. The molecule has 0 nitrogen and oxygen atoms in total. The molecule has 1 aromatic rings. The van der Waals surface area contributed by atoms with Gasteiger partial charge in [-0.1, -0.05) is 35.0 Å². The van der Waals surface area contributed by atoms with Crippen LogP contribution in [0.15, 0.2) is 24.3 Å². The molecule has 0 N–H and O–H groups in total. The van der Waals surface area contributed by atoms with Gasteiger partial charge >= 0.3 is 0 Å². The highest BCUT2D eigenvalue weighted by molar-refractivity contribution is 6.32. The molecule has 0 aliphatic rings. The average molecular weight is 122 g/mol. The van der Waals surface area contributed by atoms with Crippen LogP contribution in [0.25, 0.3) is 0 Å². The molecule has 0 radical (unpaired) electrons.